The lowest BCUT2D eigenvalue weighted by molar-refractivity contribution is -0.0288. The molecule has 1 aliphatic heterocycles. The number of anilines is 1. The van der Waals surface area contributed by atoms with Crippen molar-refractivity contribution >= 4 is 41.1 Å². The van der Waals surface area contributed by atoms with Gasteiger partial charge in [0.05, 0.1) is 12.4 Å². The molecule has 10 heteroatoms. The summed E-state index contributed by atoms with van der Waals surface area (Å²) >= 11 is 6.76. The van der Waals surface area contributed by atoms with Gasteiger partial charge in [0.25, 0.3) is 0 Å². The summed E-state index contributed by atoms with van der Waals surface area (Å²) in [6.45, 7) is 2.03. The van der Waals surface area contributed by atoms with E-state index in [9.17, 15) is 10.2 Å². The molecule has 0 bridgehead atoms. The summed E-state index contributed by atoms with van der Waals surface area (Å²) in [7, 11) is 0. The van der Waals surface area contributed by atoms with Gasteiger partial charge < -0.3 is 25.7 Å². The summed E-state index contributed by atoms with van der Waals surface area (Å²) in [4.78, 5) is 11.0. The molecule has 1 fully saturated rings. The van der Waals surface area contributed by atoms with Gasteiger partial charge in [-0.3, -0.25) is 4.57 Å². The zero-order chi connectivity index (χ0) is 15.9. The van der Waals surface area contributed by atoms with Crippen molar-refractivity contribution in [1.82, 2.24) is 19.5 Å². The topological polar surface area (TPSA) is 122 Å². The van der Waals surface area contributed by atoms with E-state index in [-0.39, 0.29) is 10.6 Å². The summed E-state index contributed by atoms with van der Waals surface area (Å²) in [6.07, 6.45) is -1.71. The van der Waals surface area contributed by atoms with Crippen LogP contribution in [0, 0.1) is 4.64 Å². The van der Waals surface area contributed by atoms with Gasteiger partial charge in [0, 0.05) is 5.75 Å². The van der Waals surface area contributed by atoms with E-state index < -0.39 is 24.5 Å². The quantitative estimate of drug-likeness (QED) is 0.590. The SMILES string of the molecule is CCSC[C@H]1O[C@@H](n2cnc3c(=S)nc(N)[nH]c32)[C@H](O)[C@@H]1O. The van der Waals surface area contributed by atoms with E-state index in [2.05, 4.69) is 15.0 Å². The molecule has 0 aromatic carbocycles. The lowest BCUT2D eigenvalue weighted by Gasteiger charge is -2.16. The summed E-state index contributed by atoms with van der Waals surface area (Å²) in [5, 5.41) is 20.4. The van der Waals surface area contributed by atoms with Gasteiger partial charge in [-0.05, 0) is 5.75 Å². The minimum absolute atomic E-state index is 0.158. The average molecular weight is 343 g/mol. The van der Waals surface area contributed by atoms with Crippen LogP contribution < -0.4 is 5.73 Å². The number of aromatic amines is 1. The van der Waals surface area contributed by atoms with Crippen LogP contribution in [0.2, 0.25) is 0 Å². The predicted molar refractivity (Wildman–Crippen MR) is 86.0 cm³/mol. The Labute approximate surface area is 135 Å². The van der Waals surface area contributed by atoms with Gasteiger partial charge in [-0.25, -0.2) is 9.97 Å². The Hall–Kier alpha value is -1.20. The van der Waals surface area contributed by atoms with E-state index in [1.165, 1.54) is 6.33 Å². The van der Waals surface area contributed by atoms with E-state index in [0.717, 1.165) is 5.75 Å². The van der Waals surface area contributed by atoms with Crippen LogP contribution in [-0.2, 0) is 4.74 Å². The molecule has 1 saturated heterocycles. The number of fused-ring (bicyclic) bond motifs is 1. The van der Waals surface area contributed by atoms with Crippen LogP contribution in [0.25, 0.3) is 11.2 Å². The summed E-state index contributed by atoms with van der Waals surface area (Å²) in [6, 6.07) is 0. The fraction of sp³-hybridized carbons (Fsp3) is 0.583. The van der Waals surface area contributed by atoms with Gasteiger partial charge in [-0.2, -0.15) is 11.8 Å². The van der Waals surface area contributed by atoms with E-state index in [1.807, 2.05) is 6.92 Å². The van der Waals surface area contributed by atoms with Gasteiger partial charge in [-0.15, -0.1) is 0 Å². The first-order chi connectivity index (χ1) is 10.5. The molecule has 4 atom stereocenters. The molecule has 0 unspecified atom stereocenters. The van der Waals surface area contributed by atoms with Crippen molar-refractivity contribution in [3.05, 3.63) is 11.0 Å². The highest BCUT2D eigenvalue weighted by molar-refractivity contribution is 7.99. The van der Waals surface area contributed by atoms with Crippen molar-refractivity contribution in [3.8, 4) is 0 Å². The van der Waals surface area contributed by atoms with Gasteiger partial charge in [0.15, 0.2) is 16.8 Å². The van der Waals surface area contributed by atoms with Crippen molar-refractivity contribution in [2.75, 3.05) is 17.2 Å². The molecule has 8 nitrogen and oxygen atoms in total. The van der Waals surface area contributed by atoms with Crippen molar-refractivity contribution in [2.45, 2.75) is 31.5 Å². The molecule has 3 rings (SSSR count). The van der Waals surface area contributed by atoms with Gasteiger partial charge >= 0.3 is 0 Å². The highest BCUT2D eigenvalue weighted by Crippen LogP contribution is 2.32. The van der Waals surface area contributed by atoms with E-state index in [4.69, 9.17) is 22.7 Å². The molecule has 2 aromatic heterocycles. The number of ether oxygens (including phenoxy) is 1. The van der Waals surface area contributed by atoms with Crippen LogP contribution in [0.4, 0.5) is 5.95 Å². The molecular formula is C12H17N5O3S2. The van der Waals surface area contributed by atoms with Gasteiger partial charge in [0.1, 0.15) is 23.4 Å². The molecule has 0 radical (unpaired) electrons. The number of nitrogens with two attached hydrogens (primary N) is 1. The second kappa shape index (κ2) is 6.13. The number of imidazole rings is 1. The van der Waals surface area contributed by atoms with E-state index >= 15 is 0 Å². The van der Waals surface area contributed by atoms with Crippen molar-refractivity contribution in [1.29, 1.82) is 0 Å². The third-order valence-corrected chi connectivity index (χ3v) is 4.82. The lowest BCUT2D eigenvalue weighted by atomic mass is 10.1. The Balaban J connectivity index is 1.96. The van der Waals surface area contributed by atoms with Crippen LogP contribution in [0.5, 0.6) is 0 Å². The fourth-order valence-electron chi connectivity index (χ4n) is 2.48. The van der Waals surface area contributed by atoms with Crippen LogP contribution in [0.15, 0.2) is 6.33 Å². The normalized spacial score (nSPS) is 28.5. The molecule has 0 amide bonds. The monoisotopic (exact) mass is 343 g/mol. The van der Waals surface area contributed by atoms with E-state index in [0.29, 0.717) is 16.9 Å². The van der Waals surface area contributed by atoms with Crippen molar-refractivity contribution < 1.29 is 14.9 Å². The number of aliphatic hydroxyl groups excluding tert-OH is 2. The minimum atomic E-state index is -1.06. The first-order valence-corrected chi connectivity index (χ1v) is 8.41. The first kappa shape index (κ1) is 15.7. The molecule has 120 valence electrons. The van der Waals surface area contributed by atoms with Crippen molar-refractivity contribution in [3.63, 3.8) is 0 Å². The maximum Gasteiger partial charge on any atom is 0.200 e. The number of H-pyrrole nitrogens is 1. The number of aromatic nitrogens is 4. The largest absolute Gasteiger partial charge is 0.387 e. The smallest absolute Gasteiger partial charge is 0.200 e. The Morgan fingerprint density at radius 1 is 1.50 bits per heavy atom. The molecule has 5 N–H and O–H groups in total. The Bertz CT molecular complexity index is 733. The predicted octanol–water partition coefficient (Wildman–Crippen LogP) is 0.443. The third kappa shape index (κ3) is 2.61. The number of rotatable bonds is 4. The molecule has 0 aliphatic carbocycles. The number of hydrogen-bond donors (Lipinski definition) is 4. The average Bonchev–Trinajstić information content (AvgIpc) is 3.00. The molecule has 22 heavy (non-hydrogen) atoms. The highest BCUT2D eigenvalue weighted by Gasteiger charge is 2.43. The number of nitrogens with zero attached hydrogens (tertiary/aromatic N) is 3. The van der Waals surface area contributed by atoms with Crippen LogP contribution in [-0.4, -0.2) is 59.5 Å². The first-order valence-electron chi connectivity index (χ1n) is 6.84. The maximum absolute atomic E-state index is 10.3. The molecule has 1 aliphatic rings. The number of aliphatic hydroxyl groups is 2. The van der Waals surface area contributed by atoms with Crippen LogP contribution in [0.3, 0.4) is 0 Å². The summed E-state index contributed by atoms with van der Waals surface area (Å²) in [5.74, 6) is 1.68. The molecule has 3 heterocycles. The van der Waals surface area contributed by atoms with Gasteiger partial charge in [-0.1, -0.05) is 19.1 Å². The number of thioether (sulfide) groups is 1. The molecule has 0 saturated carbocycles. The second-order valence-electron chi connectivity index (χ2n) is 4.98. The zero-order valence-corrected chi connectivity index (χ0v) is 13.5. The third-order valence-electron chi connectivity index (χ3n) is 3.56. The molecular weight excluding hydrogens is 326 g/mol. The second-order valence-corrected chi connectivity index (χ2v) is 6.69. The zero-order valence-electron chi connectivity index (χ0n) is 11.8. The number of nitrogen functional groups attached to an aromatic ring is 1. The summed E-state index contributed by atoms with van der Waals surface area (Å²) < 4.78 is 7.67. The molecule has 0 spiro atoms. The highest BCUT2D eigenvalue weighted by atomic mass is 32.2. The lowest BCUT2D eigenvalue weighted by Crippen LogP contribution is -2.32. The standard InChI is InChI=1S/C12H17N5O3S2/c1-2-22-3-5-7(18)8(19)11(20-5)17-4-14-6-9(17)15-12(13)16-10(6)21/h4-5,7-8,11,18-19H,2-3H2,1H3,(H3,13,15,16,21)/t5-,7-,8-,11-/m1/s1. The maximum atomic E-state index is 10.3. The Kier molecular flexibility index (Phi) is 4.37. The van der Waals surface area contributed by atoms with Crippen LogP contribution >= 0.6 is 24.0 Å². The van der Waals surface area contributed by atoms with Crippen LogP contribution in [0.1, 0.15) is 13.2 Å². The number of nitrogens with one attached hydrogen (secondary N) is 1. The summed E-state index contributed by atoms with van der Waals surface area (Å²) in [5.41, 5.74) is 6.66. The Morgan fingerprint density at radius 2 is 2.27 bits per heavy atom. The van der Waals surface area contributed by atoms with Gasteiger partial charge in [0.2, 0.25) is 0 Å². The Morgan fingerprint density at radius 3 is 3.00 bits per heavy atom. The minimum Gasteiger partial charge on any atom is -0.387 e. The van der Waals surface area contributed by atoms with E-state index in [1.54, 1.807) is 16.3 Å². The van der Waals surface area contributed by atoms with Crippen molar-refractivity contribution in [2.24, 2.45) is 0 Å². The molecule has 2 aromatic rings. The fourth-order valence-corrected chi connectivity index (χ4v) is 3.47. The number of hydrogen-bond acceptors (Lipinski definition) is 8.